The molecule has 0 aliphatic rings. The molecule has 0 spiro atoms. The Morgan fingerprint density at radius 2 is 1.92 bits per heavy atom. The molecule has 0 aromatic carbocycles. The summed E-state index contributed by atoms with van der Waals surface area (Å²) in [5.74, 6) is -0.907. The maximum absolute atomic E-state index is 11.2. The highest BCUT2D eigenvalue weighted by Crippen LogP contribution is 2.00. The Hall–Kier alpha value is -1.06. The Morgan fingerprint density at radius 3 is 2.23 bits per heavy atom. The molecule has 2 N–H and O–H groups in total. The number of carbonyl (C=O) groups is 2. The summed E-state index contributed by atoms with van der Waals surface area (Å²) in [7, 11) is 0. The zero-order valence-corrected chi connectivity index (χ0v) is 8.33. The fourth-order valence-electron chi connectivity index (χ4n) is 0.962. The van der Waals surface area contributed by atoms with Gasteiger partial charge in [-0.3, -0.25) is 4.79 Å². The number of hydrogen-bond donors (Lipinski definition) is 2. The van der Waals surface area contributed by atoms with E-state index in [2.05, 4.69) is 5.32 Å². The third kappa shape index (κ3) is 5.22. The maximum Gasteiger partial charge on any atom is 0.326 e. The predicted molar refractivity (Wildman–Crippen MR) is 49.3 cm³/mol. The minimum absolute atomic E-state index is 0.191. The Kier molecular flexibility index (Phi) is 5.11. The summed E-state index contributed by atoms with van der Waals surface area (Å²) >= 11 is 0. The molecule has 0 radical (unpaired) electrons. The minimum Gasteiger partial charge on any atom is -0.480 e. The molecule has 0 aliphatic heterocycles. The molecular weight excluding hydrogens is 170 g/mol. The highest BCUT2D eigenvalue weighted by atomic mass is 16.4. The smallest absolute Gasteiger partial charge is 0.326 e. The molecule has 0 rings (SSSR count). The van der Waals surface area contributed by atoms with Gasteiger partial charge in [0.05, 0.1) is 0 Å². The average Bonchev–Trinajstić information content (AvgIpc) is 1.98. The number of carboxylic acids is 1. The van der Waals surface area contributed by atoms with E-state index >= 15 is 0 Å². The SMILES string of the molecule is CCC(NC(=O)CC(C)C)C(=O)O. The summed E-state index contributed by atoms with van der Waals surface area (Å²) < 4.78 is 0. The van der Waals surface area contributed by atoms with Crippen molar-refractivity contribution in [3.05, 3.63) is 0 Å². The second kappa shape index (κ2) is 5.56. The molecule has 0 fully saturated rings. The molecule has 1 unspecified atom stereocenters. The number of hydrogen-bond acceptors (Lipinski definition) is 2. The highest BCUT2D eigenvalue weighted by Gasteiger charge is 2.17. The van der Waals surface area contributed by atoms with Crippen LogP contribution in [0.25, 0.3) is 0 Å². The molecule has 1 amide bonds. The van der Waals surface area contributed by atoms with Crippen molar-refractivity contribution in [3.8, 4) is 0 Å². The summed E-state index contributed by atoms with van der Waals surface area (Å²) in [4.78, 5) is 21.7. The number of nitrogens with one attached hydrogen (secondary N) is 1. The maximum atomic E-state index is 11.2. The normalized spacial score (nSPS) is 12.6. The lowest BCUT2D eigenvalue weighted by molar-refractivity contribution is -0.142. The lowest BCUT2D eigenvalue weighted by Gasteiger charge is -2.12. The molecule has 4 heteroatoms. The molecule has 0 saturated carbocycles. The van der Waals surface area contributed by atoms with E-state index in [1.54, 1.807) is 6.92 Å². The first-order valence-electron chi connectivity index (χ1n) is 4.49. The number of rotatable bonds is 5. The van der Waals surface area contributed by atoms with Crippen molar-refractivity contribution in [2.24, 2.45) is 5.92 Å². The molecular formula is C9H17NO3. The predicted octanol–water partition coefficient (Wildman–Crippen LogP) is 1.01. The van der Waals surface area contributed by atoms with Crippen LogP contribution >= 0.6 is 0 Å². The summed E-state index contributed by atoms with van der Waals surface area (Å²) in [5.41, 5.74) is 0. The van der Waals surface area contributed by atoms with Gasteiger partial charge < -0.3 is 10.4 Å². The lowest BCUT2D eigenvalue weighted by Crippen LogP contribution is -2.40. The molecule has 0 saturated heterocycles. The van der Waals surface area contributed by atoms with E-state index in [0.717, 1.165) is 0 Å². The van der Waals surface area contributed by atoms with Crippen LogP contribution in [0.1, 0.15) is 33.6 Å². The van der Waals surface area contributed by atoms with E-state index in [4.69, 9.17) is 5.11 Å². The van der Waals surface area contributed by atoms with Crippen molar-refractivity contribution < 1.29 is 14.7 Å². The second-order valence-electron chi connectivity index (χ2n) is 3.46. The van der Waals surface area contributed by atoms with E-state index in [9.17, 15) is 9.59 Å². The quantitative estimate of drug-likeness (QED) is 0.675. The fraction of sp³-hybridized carbons (Fsp3) is 0.778. The van der Waals surface area contributed by atoms with Gasteiger partial charge in [-0.2, -0.15) is 0 Å². The standard InChI is InChI=1S/C9H17NO3/c1-4-7(9(12)13)10-8(11)5-6(2)3/h6-7H,4-5H2,1-3H3,(H,10,11)(H,12,13). The largest absolute Gasteiger partial charge is 0.480 e. The van der Waals surface area contributed by atoms with E-state index in [-0.39, 0.29) is 11.8 Å². The average molecular weight is 187 g/mol. The molecule has 0 heterocycles. The zero-order chi connectivity index (χ0) is 10.4. The van der Waals surface area contributed by atoms with Crippen LogP contribution in [0, 0.1) is 5.92 Å². The third-order valence-electron chi connectivity index (χ3n) is 1.64. The molecule has 0 bridgehead atoms. The van der Waals surface area contributed by atoms with Crippen LogP contribution in [0.2, 0.25) is 0 Å². The monoisotopic (exact) mass is 187 g/mol. The Balaban J connectivity index is 3.94. The molecule has 0 aliphatic carbocycles. The van der Waals surface area contributed by atoms with E-state index in [1.807, 2.05) is 13.8 Å². The van der Waals surface area contributed by atoms with Crippen LogP contribution in [0.15, 0.2) is 0 Å². The molecule has 0 aromatic heterocycles. The van der Waals surface area contributed by atoms with Gasteiger partial charge in [0.15, 0.2) is 0 Å². The van der Waals surface area contributed by atoms with Gasteiger partial charge >= 0.3 is 5.97 Å². The first-order chi connectivity index (χ1) is 5.97. The van der Waals surface area contributed by atoms with Crippen LogP contribution in [0.5, 0.6) is 0 Å². The molecule has 0 aromatic rings. The Labute approximate surface area is 78.3 Å². The first-order valence-corrected chi connectivity index (χ1v) is 4.49. The van der Waals surface area contributed by atoms with Gasteiger partial charge in [-0.15, -0.1) is 0 Å². The van der Waals surface area contributed by atoms with Crippen LogP contribution < -0.4 is 5.32 Å². The van der Waals surface area contributed by atoms with Crippen LogP contribution in [-0.4, -0.2) is 23.0 Å². The molecule has 76 valence electrons. The fourth-order valence-corrected chi connectivity index (χ4v) is 0.962. The number of aliphatic carboxylic acids is 1. The number of carboxylic acid groups (broad SMARTS) is 1. The van der Waals surface area contributed by atoms with Gasteiger partial charge in [-0.05, 0) is 12.3 Å². The lowest BCUT2D eigenvalue weighted by atomic mass is 10.1. The van der Waals surface area contributed by atoms with E-state index in [1.165, 1.54) is 0 Å². The summed E-state index contributed by atoms with van der Waals surface area (Å²) in [6.45, 7) is 5.57. The zero-order valence-electron chi connectivity index (χ0n) is 8.33. The van der Waals surface area contributed by atoms with Gasteiger partial charge in [0.25, 0.3) is 0 Å². The van der Waals surface area contributed by atoms with Crippen LogP contribution in [-0.2, 0) is 9.59 Å². The molecule has 13 heavy (non-hydrogen) atoms. The number of carbonyl (C=O) groups excluding carboxylic acids is 1. The van der Waals surface area contributed by atoms with Crippen LogP contribution in [0.3, 0.4) is 0 Å². The van der Waals surface area contributed by atoms with Gasteiger partial charge in [0, 0.05) is 6.42 Å². The van der Waals surface area contributed by atoms with Crippen molar-refractivity contribution in [1.29, 1.82) is 0 Å². The minimum atomic E-state index is -0.973. The van der Waals surface area contributed by atoms with Crippen molar-refractivity contribution in [2.75, 3.05) is 0 Å². The highest BCUT2D eigenvalue weighted by molar-refractivity contribution is 5.83. The van der Waals surface area contributed by atoms with E-state index < -0.39 is 12.0 Å². The third-order valence-corrected chi connectivity index (χ3v) is 1.64. The summed E-state index contributed by atoms with van der Waals surface area (Å²) in [6, 6.07) is -0.744. The Morgan fingerprint density at radius 1 is 1.38 bits per heavy atom. The van der Waals surface area contributed by atoms with Crippen molar-refractivity contribution in [1.82, 2.24) is 5.32 Å². The van der Waals surface area contributed by atoms with Crippen molar-refractivity contribution in [3.63, 3.8) is 0 Å². The van der Waals surface area contributed by atoms with Gasteiger partial charge in [-0.25, -0.2) is 4.79 Å². The van der Waals surface area contributed by atoms with Gasteiger partial charge in [-0.1, -0.05) is 20.8 Å². The summed E-state index contributed by atoms with van der Waals surface area (Å²) in [5, 5.41) is 11.1. The number of amides is 1. The second-order valence-corrected chi connectivity index (χ2v) is 3.46. The molecule has 4 nitrogen and oxygen atoms in total. The van der Waals surface area contributed by atoms with Gasteiger partial charge in [0.1, 0.15) is 6.04 Å². The molecule has 1 atom stereocenters. The first kappa shape index (κ1) is 11.9. The Bertz CT molecular complexity index is 189. The van der Waals surface area contributed by atoms with E-state index in [0.29, 0.717) is 12.8 Å². The topological polar surface area (TPSA) is 66.4 Å². The van der Waals surface area contributed by atoms with Gasteiger partial charge in [0.2, 0.25) is 5.91 Å². The van der Waals surface area contributed by atoms with Crippen LogP contribution in [0.4, 0.5) is 0 Å². The summed E-state index contributed by atoms with van der Waals surface area (Å²) in [6.07, 6.45) is 0.795. The van der Waals surface area contributed by atoms with Crippen molar-refractivity contribution in [2.45, 2.75) is 39.7 Å². The van der Waals surface area contributed by atoms with Crippen molar-refractivity contribution >= 4 is 11.9 Å².